The molecule has 1 aliphatic carbocycles. The summed E-state index contributed by atoms with van der Waals surface area (Å²) in [4.78, 5) is 15.3. The third kappa shape index (κ3) is 2.71. The topological polar surface area (TPSA) is 96.8 Å². The molecule has 0 saturated heterocycles. The van der Waals surface area contributed by atoms with Crippen molar-refractivity contribution in [1.82, 2.24) is 9.29 Å². The van der Waals surface area contributed by atoms with Gasteiger partial charge in [0.1, 0.15) is 0 Å². The molecule has 0 bridgehead atoms. The molecule has 0 aliphatic heterocycles. The Bertz CT molecular complexity index is 579. The van der Waals surface area contributed by atoms with Gasteiger partial charge in [-0.1, -0.05) is 6.42 Å². The van der Waals surface area contributed by atoms with Crippen LogP contribution in [0.25, 0.3) is 0 Å². The Morgan fingerprint density at radius 2 is 2.30 bits per heavy atom. The minimum atomic E-state index is -3.84. The third-order valence-electron chi connectivity index (χ3n) is 3.26. The van der Waals surface area contributed by atoms with Gasteiger partial charge >= 0.3 is 5.97 Å². The zero-order valence-electron chi connectivity index (χ0n) is 11.0. The molecule has 1 aliphatic rings. The average molecular weight is 320 g/mol. The molecule has 1 heterocycles. The highest BCUT2D eigenvalue weighted by molar-refractivity contribution is 7.91. The van der Waals surface area contributed by atoms with E-state index in [1.54, 1.807) is 0 Å². The molecule has 112 valence electrons. The smallest absolute Gasteiger partial charge is 0.358 e. The summed E-state index contributed by atoms with van der Waals surface area (Å²) >= 11 is 0.883. The Morgan fingerprint density at radius 3 is 2.80 bits per heavy atom. The molecule has 1 aromatic heterocycles. The number of hydrogen-bond donors (Lipinski definition) is 1. The lowest BCUT2D eigenvalue weighted by atomic mass is 9.93. The summed E-state index contributed by atoms with van der Waals surface area (Å²) in [5.41, 5.74) is 1.11. The SMILES string of the molecule is COC(=O)c1ncsc1S(=O)(=O)N(CCO)C1CCC1. The van der Waals surface area contributed by atoms with Crippen LogP contribution in [-0.2, 0) is 14.8 Å². The van der Waals surface area contributed by atoms with Crippen molar-refractivity contribution in [3.63, 3.8) is 0 Å². The number of ether oxygens (including phenoxy) is 1. The first-order valence-corrected chi connectivity index (χ1v) is 8.49. The molecule has 1 aromatic rings. The maximum Gasteiger partial charge on any atom is 0.358 e. The number of thiazole rings is 1. The molecule has 0 radical (unpaired) electrons. The fourth-order valence-electron chi connectivity index (χ4n) is 2.03. The van der Waals surface area contributed by atoms with Crippen LogP contribution in [0.3, 0.4) is 0 Å². The van der Waals surface area contributed by atoms with Gasteiger partial charge in [0, 0.05) is 12.6 Å². The number of aliphatic hydroxyl groups excluding tert-OH is 1. The van der Waals surface area contributed by atoms with Crippen molar-refractivity contribution in [1.29, 1.82) is 0 Å². The lowest BCUT2D eigenvalue weighted by Crippen LogP contribution is -2.45. The van der Waals surface area contributed by atoms with E-state index in [0.29, 0.717) is 0 Å². The number of esters is 1. The first-order chi connectivity index (χ1) is 9.52. The second kappa shape index (κ2) is 6.17. The number of nitrogens with zero attached hydrogens (tertiary/aromatic N) is 2. The maximum absolute atomic E-state index is 12.6. The van der Waals surface area contributed by atoms with Crippen molar-refractivity contribution in [3.8, 4) is 0 Å². The molecule has 0 amide bonds. The number of sulfonamides is 1. The molecule has 7 nitrogen and oxygen atoms in total. The van der Waals surface area contributed by atoms with Gasteiger partial charge in [-0.05, 0) is 12.8 Å². The zero-order valence-corrected chi connectivity index (χ0v) is 12.6. The minimum Gasteiger partial charge on any atom is -0.464 e. The largest absolute Gasteiger partial charge is 0.464 e. The summed E-state index contributed by atoms with van der Waals surface area (Å²) < 4.78 is 31.0. The highest BCUT2D eigenvalue weighted by Crippen LogP contribution is 2.32. The summed E-state index contributed by atoms with van der Waals surface area (Å²) in [6.07, 6.45) is 2.51. The fourth-order valence-corrected chi connectivity index (χ4v) is 4.95. The molecule has 1 fully saturated rings. The monoisotopic (exact) mass is 320 g/mol. The first kappa shape index (κ1) is 15.4. The Labute approximate surface area is 121 Å². The Hall–Kier alpha value is -1.03. The number of carbonyl (C=O) groups excluding carboxylic acids is 1. The van der Waals surface area contributed by atoms with E-state index in [1.807, 2.05) is 0 Å². The van der Waals surface area contributed by atoms with Crippen LogP contribution in [0.15, 0.2) is 9.72 Å². The van der Waals surface area contributed by atoms with Crippen LogP contribution in [0.1, 0.15) is 29.8 Å². The van der Waals surface area contributed by atoms with E-state index >= 15 is 0 Å². The lowest BCUT2D eigenvalue weighted by Gasteiger charge is -2.35. The molecular formula is C11H16N2O5S2. The van der Waals surface area contributed by atoms with Gasteiger partial charge < -0.3 is 9.84 Å². The van der Waals surface area contributed by atoms with Crippen molar-refractivity contribution in [3.05, 3.63) is 11.2 Å². The van der Waals surface area contributed by atoms with E-state index < -0.39 is 16.0 Å². The number of carbonyl (C=O) groups is 1. The summed E-state index contributed by atoms with van der Waals surface area (Å²) in [7, 11) is -2.66. The maximum atomic E-state index is 12.6. The second-order valence-electron chi connectivity index (χ2n) is 4.40. The number of aromatic nitrogens is 1. The molecular weight excluding hydrogens is 304 g/mol. The van der Waals surface area contributed by atoms with Gasteiger partial charge in [0.15, 0.2) is 9.90 Å². The van der Waals surface area contributed by atoms with Gasteiger partial charge in [-0.2, -0.15) is 4.31 Å². The highest BCUT2D eigenvalue weighted by Gasteiger charge is 2.38. The molecule has 20 heavy (non-hydrogen) atoms. The quantitative estimate of drug-likeness (QED) is 0.765. The minimum absolute atomic E-state index is 0.0194. The highest BCUT2D eigenvalue weighted by atomic mass is 32.2. The summed E-state index contributed by atoms with van der Waals surface area (Å²) in [6, 6.07) is -0.111. The van der Waals surface area contributed by atoms with Gasteiger partial charge in [0.05, 0.1) is 19.2 Å². The molecule has 1 saturated carbocycles. The van der Waals surface area contributed by atoms with Gasteiger partial charge in [-0.15, -0.1) is 11.3 Å². The summed E-state index contributed by atoms with van der Waals surface area (Å²) in [5, 5.41) is 9.08. The predicted molar refractivity (Wildman–Crippen MR) is 72.1 cm³/mol. The van der Waals surface area contributed by atoms with Gasteiger partial charge in [-0.25, -0.2) is 18.2 Å². The van der Waals surface area contributed by atoms with Crippen LogP contribution in [0.5, 0.6) is 0 Å². The molecule has 1 N–H and O–H groups in total. The third-order valence-corrected chi connectivity index (χ3v) is 6.56. The van der Waals surface area contributed by atoms with Crippen molar-refractivity contribution in [2.45, 2.75) is 29.5 Å². The summed E-state index contributed by atoms with van der Waals surface area (Å²) in [5.74, 6) is -0.776. The van der Waals surface area contributed by atoms with Crippen LogP contribution >= 0.6 is 11.3 Å². The van der Waals surface area contributed by atoms with Crippen molar-refractivity contribution in [2.75, 3.05) is 20.3 Å². The Kier molecular flexibility index (Phi) is 4.74. The number of methoxy groups -OCH3 is 1. The van der Waals surface area contributed by atoms with E-state index in [0.717, 1.165) is 30.6 Å². The average Bonchev–Trinajstić information content (AvgIpc) is 2.85. The Balaban J connectivity index is 2.37. The lowest BCUT2D eigenvalue weighted by molar-refractivity contribution is 0.0590. The van der Waals surface area contributed by atoms with Crippen molar-refractivity contribution < 1.29 is 23.1 Å². The van der Waals surface area contributed by atoms with Gasteiger partial charge in [0.25, 0.3) is 10.0 Å². The Morgan fingerprint density at radius 1 is 1.60 bits per heavy atom. The van der Waals surface area contributed by atoms with Crippen LogP contribution in [-0.4, -0.2) is 55.1 Å². The molecule has 0 aromatic carbocycles. The fraction of sp³-hybridized carbons (Fsp3) is 0.636. The van der Waals surface area contributed by atoms with Crippen LogP contribution in [0.2, 0.25) is 0 Å². The second-order valence-corrected chi connectivity index (χ2v) is 7.34. The number of hydrogen-bond acceptors (Lipinski definition) is 7. The van der Waals surface area contributed by atoms with Crippen molar-refractivity contribution in [2.24, 2.45) is 0 Å². The molecule has 0 spiro atoms. The number of rotatable bonds is 6. The number of aliphatic hydroxyl groups is 1. The molecule has 2 rings (SSSR count). The first-order valence-electron chi connectivity index (χ1n) is 6.17. The van der Waals surface area contributed by atoms with Crippen molar-refractivity contribution >= 4 is 27.3 Å². The summed E-state index contributed by atoms with van der Waals surface area (Å²) in [6.45, 7) is -0.242. The zero-order chi connectivity index (χ0) is 14.8. The predicted octanol–water partition coefficient (Wildman–Crippen LogP) is 0.465. The van der Waals surface area contributed by atoms with E-state index in [9.17, 15) is 13.2 Å². The normalized spacial score (nSPS) is 16.1. The molecule has 9 heteroatoms. The standard InChI is InChI=1S/C11H16N2O5S2/c1-18-10(15)9-11(19-7-12-9)20(16,17)13(5-6-14)8-3-2-4-8/h7-8,14H,2-6H2,1H3. The molecule has 0 unspecified atom stereocenters. The van der Waals surface area contributed by atoms with Gasteiger partial charge in [-0.3, -0.25) is 0 Å². The van der Waals surface area contributed by atoms with Crippen LogP contribution in [0.4, 0.5) is 0 Å². The van der Waals surface area contributed by atoms with Crippen LogP contribution < -0.4 is 0 Å². The van der Waals surface area contributed by atoms with Gasteiger partial charge in [0.2, 0.25) is 0 Å². The van der Waals surface area contributed by atoms with E-state index in [-0.39, 0.29) is 29.1 Å². The van der Waals surface area contributed by atoms with E-state index in [4.69, 9.17) is 5.11 Å². The van der Waals surface area contributed by atoms with E-state index in [1.165, 1.54) is 16.9 Å². The molecule has 0 atom stereocenters. The van der Waals surface area contributed by atoms with Crippen LogP contribution in [0, 0.1) is 0 Å². The van der Waals surface area contributed by atoms with E-state index in [2.05, 4.69) is 9.72 Å².